The average Bonchev–Trinajstić information content (AvgIpc) is 2.88. The fraction of sp³-hybridized carbons (Fsp3) is 0.462. The van der Waals surface area contributed by atoms with Crippen molar-refractivity contribution in [3.63, 3.8) is 0 Å². The summed E-state index contributed by atoms with van der Waals surface area (Å²) in [6, 6.07) is 3.68. The van der Waals surface area contributed by atoms with Crippen molar-refractivity contribution in [2.75, 3.05) is 19.9 Å². The number of ether oxygens (including phenoxy) is 2. The molecule has 3 rings (SSSR count). The summed E-state index contributed by atoms with van der Waals surface area (Å²) < 4.78 is 11.4. The summed E-state index contributed by atoms with van der Waals surface area (Å²) in [6.45, 7) is 2.06. The van der Waals surface area contributed by atoms with Crippen LogP contribution in [0.3, 0.4) is 0 Å². The third-order valence-electron chi connectivity index (χ3n) is 3.32. The highest BCUT2D eigenvalue weighted by Gasteiger charge is 2.22. The molecule has 1 aromatic carbocycles. The van der Waals surface area contributed by atoms with E-state index in [1.165, 1.54) is 0 Å². The zero-order chi connectivity index (χ0) is 13.2. The Morgan fingerprint density at radius 2 is 2.32 bits per heavy atom. The van der Waals surface area contributed by atoms with E-state index in [-0.39, 0.29) is 18.7 Å². The molecule has 19 heavy (non-hydrogen) atoms. The highest BCUT2D eigenvalue weighted by atomic mass is 79.9. The molecule has 2 aliphatic rings. The number of hydrogen-bond donors (Lipinski definition) is 2. The topological polar surface area (TPSA) is 59.6 Å². The van der Waals surface area contributed by atoms with Gasteiger partial charge in [-0.05, 0) is 47.4 Å². The van der Waals surface area contributed by atoms with E-state index in [1.54, 1.807) is 12.1 Å². The molecule has 0 aromatic heterocycles. The Labute approximate surface area is 119 Å². The molecule has 0 spiro atoms. The fourth-order valence-corrected chi connectivity index (χ4v) is 2.90. The van der Waals surface area contributed by atoms with Crippen molar-refractivity contribution in [3.8, 4) is 11.5 Å². The number of halogens is 1. The molecule has 2 N–H and O–H groups in total. The van der Waals surface area contributed by atoms with E-state index in [9.17, 15) is 4.79 Å². The van der Waals surface area contributed by atoms with Gasteiger partial charge in [0.25, 0.3) is 5.91 Å². The minimum atomic E-state index is -0.0762. The lowest BCUT2D eigenvalue weighted by Gasteiger charge is -2.23. The number of carbonyl (C=O) groups excluding carboxylic acids is 1. The lowest BCUT2D eigenvalue weighted by molar-refractivity contribution is 0.0930. The molecule has 1 fully saturated rings. The molecule has 0 radical (unpaired) electrons. The standard InChI is InChI=1S/C13H15BrN2O3/c14-10-4-8(5-11-12(10)19-7-18-11)13(17)16-9-2-1-3-15-6-9/h4-5,9,15H,1-3,6-7H2,(H,16,17). The maximum absolute atomic E-state index is 12.2. The third-order valence-corrected chi connectivity index (χ3v) is 3.91. The minimum absolute atomic E-state index is 0.0762. The largest absolute Gasteiger partial charge is 0.454 e. The summed E-state index contributed by atoms with van der Waals surface area (Å²) in [6.07, 6.45) is 2.11. The average molecular weight is 327 g/mol. The molecule has 102 valence electrons. The van der Waals surface area contributed by atoms with E-state index in [4.69, 9.17) is 9.47 Å². The molecule has 6 heteroatoms. The number of hydrogen-bond acceptors (Lipinski definition) is 4. The van der Waals surface area contributed by atoms with Crippen LogP contribution in [0.4, 0.5) is 0 Å². The highest BCUT2D eigenvalue weighted by molar-refractivity contribution is 9.10. The van der Waals surface area contributed by atoms with Crippen molar-refractivity contribution in [1.29, 1.82) is 0 Å². The molecule has 1 aromatic rings. The van der Waals surface area contributed by atoms with Crippen LogP contribution < -0.4 is 20.1 Å². The van der Waals surface area contributed by atoms with E-state index in [0.29, 0.717) is 17.1 Å². The Balaban J connectivity index is 1.74. The van der Waals surface area contributed by atoms with E-state index in [2.05, 4.69) is 26.6 Å². The SMILES string of the molecule is O=C(NC1CCCNC1)c1cc(Br)c2c(c1)OCO2. The van der Waals surface area contributed by atoms with Gasteiger partial charge < -0.3 is 20.1 Å². The van der Waals surface area contributed by atoms with Crippen LogP contribution in [0.2, 0.25) is 0 Å². The normalized spacial score (nSPS) is 21.2. The molecule has 2 heterocycles. The first-order valence-corrected chi connectivity index (χ1v) is 7.14. The minimum Gasteiger partial charge on any atom is -0.454 e. The lowest BCUT2D eigenvalue weighted by atomic mass is 10.1. The first-order valence-electron chi connectivity index (χ1n) is 6.35. The monoisotopic (exact) mass is 326 g/mol. The Kier molecular flexibility index (Phi) is 3.61. The van der Waals surface area contributed by atoms with Crippen LogP contribution in [0.5, 0.6) is 11.5 Å². The number of nitrogens with one attached hydrogen (secondary N) is 2. The molecular formula is C13H15BrN2O3. The van der Waals surface area contributed by atoms with Crippen LogP contribution in [0.15, 0.2) is 16.6 Å². The summed E-state index contributed by atoms with van der Waals surface area (Å²) >= 11 is 3.39. The van der Waals surface area contributed by atoms with Crippen LogP contribution in [0, 0.1) is 0 Å². The third kappa shape index (κ3) is 2.69. The number of rotatable bonds is 2. The molecule has 0 aliphatic carbocycles. The predicted molar refractivity (Wildman–Crippen MR) is 73.6 cm³/mol. The molecule has 1 amide bonds. The van der Waals surface area contributed by atoms with Gasteiger partial charge in [0, 0.05) is 18.2 Å². The van der Waals surface area contributed by atoms with Gasteiger partial charge in [-0.1, -0.05) is 0 Å². The van der Waals surface area contributed by atoms with E-state index < -0.39 is 0 Å². The number of carbonyl (C=O) groups is 1. The molecule has 0 saturated carbocycles. The number of amides is 1. The molecule has 2 aliphatic heterocycles. The Morgan fingerprint density at radius 3 is 3.11 bits per heavy atom. The van der Waals surface area contributed by atoms with Gasteiger partial charge in [-0.3, -0.25) is 4.79 Å². The van der Waals surface area contributed by atoms with Crippen LogP contribution in [-0.2, 0) is 0 Å². The molecule has 1 saturated heterocycles. The lowest BCUT2D eigenvalue weighted by Crippen LogP contribution is -2.45. The van der Waals surface area contributed by atoms with Crippen molar-refractivity contribution in [1.82, 2.24) is 10.6 Å². The van der Waals surface area contributed by atoms with Crippen LogP contribution in [-0.4, -0.2) is 31.8 Å². The first-order chi connectivity index (χ1) is 9.24. The second-order valence-corrected chi connectivity index (χ2v) is 5.56. The first kappa shape index (κ1) is 12.7. The maximum atomic E-state index is 12.2. The summed E-state index contributed by atoms with van der Waals surface area (Å²) in [7, 11) is 0. The second kappa shape index (κ2) is 5.38. The Hall–Kier alpha value is -1.27. The molecule has 0 bridgehead atoms. The molecule has 1 atom stereocenters. The smallest absolute Gasteiger partial charge is 0.251 e. The van der Waals surface area contributed by atoms with E-state index >= 15 is 0 Å². The predicted octanol–water partition coefficient (Wildman–Crippen LogP) is 1.66. The number of benzene rings is 1. The van der Waals surface area contributed by atoms with Crippen LogP contribution in [0.1, 0.15) is 23.2 Å². The molecular weight excluding hydrogens is 312 g/mol. The van der Waals surface area contributed by atoms with Crippen molar-refractivity contribution in [2.45, 2.75) is 18.9 Å². The highest BCUT2D eigenvalue weighted by Crippen LogP contribution is 2.39. The van der Waals surface area contributed by atoms with Gasteiger partial charge in [0.1, 0.15) is 0 Å². The van der Waals surface area contributed by atoms with Gasteiger partial charge in [-0.25, -0.2) is 0 Å². The second-order valence-electron chi connectivity index (χ2n) is 4.71. The summed E-state index contributed by atoms with van der Waals surface area (Å²) in [5, 5.41) is 6.31. The summed E-state index contributed by atoms with van der Waals surface area (Å²) in [5.41, 5.74) is 0.585. The van der Waals surface area contributed by atoms with E-state index in [1.807, 2.05) is 0 Å². The van der Waals surface area contributed by atoms with Gasteiger partial charge in [0.2, 0.25) is 6.79 Å². The summed E-state index contributed by atoms with van der Waals surface area (Å²) in [5.74, 6) is 1.20. The van der Waals surface area contributed by atoms with Crippen molar-refractivity contribution < 1.29 is 14.3 Å². The number of piperidine rings is 1. The van der Waals surface area contributed by atoms with Crippen molar-refractivity contribution >= 4 is 21.8 Å². The van der Waals surface area contributed by atoms with Crippen molar-refractivity contribution in [3.05, 3.63) is 22.2 Å². The van der Waals surface area contributed by atoms with Gasteiger partial charge in [0.05, 0.1) is 4.47 Å². The zero-order valence-corrected chi connectivity index (χ0v) is 12.0. The van der Waals surface area contributed by atoms with Gasteiger partial charge in [-0.15, -0.1) is 0 Å². The summed E-state index contributed by atoms with van der Waals surface area (Å²) in [4.78, 5) is 12.2. The maximum Gasteiger partial charge on any atom is 0.251 e. The van der Waals surface area contributed by atoms with Crippen LogP contribution in [0.25, 0.3) is 0 Å². The fourth-order valence-electron chi connectivity index (χ4n) is 2.34. The molecule has 1 unspecified atom stereocenters. The van der Waals surface area contributed by atoms with E-state index in [0.717, 1.165) is 30.4 Å². The van der Waals surface area contributed by atoms with Gasteiger partial charge in [-0.2, -0.15) is 0 Å². The van der Waals surface area contributed by atoms with Crippen LogP contribution >= 0.6 is 15.9 Å². The van der Waals surface area contributed by atoms with Gasteiger partial charge >= 0.3 is 0 Å². The Bertz CT molecular complexity index is 501. The number of fused-ring (bicyclic) bond motifs is 1. The molecule has 5 nitrogen and oxygen atoms in total. The Morgan fingerprint density at radius 1 is 1.42 bits per heavy atom. The van der Waals surface area contributed by atoms with Gasteiger partial charge in [0.15, 0.2) is 11.5 Å². The quantitative estimate of drug-likeness (QED) is 0.867. The zero-order valence-electron chi connectivity index (χ0n) is 10.4. The van der Waals surface area contributed by atoms with Crippen molar-refractivity contribution in [2.24, 2.45) is 0 Å².